The highest BCUT2D eigenvalue weighted by molar-refractivity contribution is 5.78. The fourth-order valence-electron chi connectivity index (χ4n) is 3.10. The molecule has 1 aliphatic rings. The normalized spacial score (nSPS) is 14.2. The molecule has 0 atom stereocenters. The molecular weight excluding hydrogens is 302 g/mol. The second-order valence-corrected chi connectivity index (χ2v) is 6.42. The van der Waals surface area contributed by atoms with Gasteiger partial charge in [0.1, 0.15) is 11.6 Å². The molecule has 5 heteroatoms. The summed E-state index contributed by atoms with van der Waals surface area (Å²) in [5, 5.41) is 3.01. The van der Waals surface area contributed by atoms with E-state index in [1.807, 2.05) is 30.5 Å². The van der Waals surface area contributed by atoms with Gasteiger partial charge in [-0.15, -0.1) is 0 Å². The number of aromatic nitrogens is 2. The minimum Gasteiger partial charge on any atom is -0.497 e. The molecule has 0 saturated heterocycles. The van der Waals surface area contributed by atoms with E-state index in [4.69, 9.17) is 4.74 Å². The van der Waals surface area contributed by atoms with E-state index in [1.54, 1.807) is 7.11 Å². The molecule has 1 aliphatic carbocycles. The average Bonchev–Trinajstić information content (AvgIpc) is 2.87. The summed E-state index contributed by atoms with van der Waals surface area (Å²) in [7, 11) is 1.63. The van der Waals surface area contributed by atoms with E-state index in [0.29, 0.717) is 18.9 Å². The van der Waals surface area contributed by atoms with Gasteiger partial charge in [-0.05, 0) is 37.5 Å². The van der Waals surface area contributed by atoms with Crippen LogP contribution in [0.25, 0.3) is 0 Å². The first-order valence-electron chi connectivity index (χ1n) is 8.59. The van der Waals surface area contributed by atoms with E-state index in [9.17, 15) is 4.79 Å². The van der Waals surface area contributed by atoms with Gasteiger partial charge in [0.2, 0.25) is 5.91 Å². The molecule has 3 rings (SSSR count). The van der Waals surface area contributed by atoms with Crippen molar-refractivity contribution in [2.75, 3.05) is 13.7 Å². The van der Waals surface area contributed by atoms with Crippen LogP contribution in [0.5, 0.6) is 5.75 Å². The number of imidazole rings is 1. The fraction of sp³-hybridized carbons (Fsp3) is 0.474. The van der Waals surface area contributed by atoms with Crippen LogP contribution in [-0.2, 0) is 17.8 Å². The Morgan fingerprint density at radius 2 is 2.25 bits per heavy atom. The first kappa shape index (κ1) is 16.6. The number of amides is 1. The molecule has 1 aromatic heterocycles. The first-order valence-corrected chi connectivity index (χ1v) is 8.59. The number of hydrogen-bond donors (Lipinski definition) is 1. The summed E-state index contributed by atoms with van der Waals surface area (Å²) < 4.78 is 7.44. The number of aryl methyl sites for hydroxylation is 1. The second kappa shape index (κ2) is 7.51. The Kier molecular flexibility index (Phi) is 5.18. The van der Waals surface area contributed by atoms with Crippen LogP contribution < -0.4 is 10.1 Å². The topological polar surface area (TPSA) is 56.1 Å². The predicted octanol–water partition coefficient (Wildman–Crippen LogP) is 2.83. The van der Waals surface area contributed by atoms with Gasteiger partial charge >= 0.3 is 0 Å². The van der Waals surface area contributed by atoms with Gasteiger partial charge in [0.05, 0.1) is 13.5 Å². The maximum atomic E-state index is 12.1. The number of ether oxygens (including phenoxy) is 1. The number of hydrogen-bond acceptors (Lipinski definition) is 3. The maximum Gasteiger partial charge on any atom is 0.224 e. The summed E-state index contributed by atoms with van der Waals surface area (Å²) in [6.45, 7) is 3.48. The Balaban J connectivity index is 1.51. The molecule has 24 heavy (non-hydrogen) atoms. The first-order chi connectivity index (χ1) is 11.7. The Hall–Kier alpha value is -2.30. The van der Waals surface area contributed by atoms with Gasteiger partial charge in [0.25, 0.3) is 0 Å². The fourth-order valence-corrected chi connectivity index (χ4v) is 3.10. The largest absolute Gasteiger partial charge is 0.497 e. The number of rotatable bonds is 7. The zero-order chi connectivity index (χ0) is 16.9. The van der Waals surface area contributed by atoms with Gasteiger partial charge in [-0.3, -0.25) is 4.79 Å². The quantitative estimate of drug-likeness (QED) is 0.851. The molecule has 1 fully saturated rings. The summed E-state index contributed by atoms with van der Waals surface area (Å²) in [6.07, 6.45) is 6.08. The number of methoxy groups -OCH3 is 1. The predicted molar refractivity (Wildman–Crippen MR) is 93.3 cm³/mol. The molecule has 0 aliphatic heterocycles. The SMILES string of the molecule is COc1cccc(CC(=O)NCCn2c(C)cnc2C2CCC2)c1. The van der Waals surface area contributed by atoms with Crippen molar-refractivity contribution in [1.29, 1.82) is 0 Å². The molecule has 1 amide bonds. The lowest BCUT2D eigenvalue weighted by atomic mass is 9.85. The number of carbonyl (C=O) groups is 1. The summed E-state index contributed by atoms with van der Waals surface area (Å²) in [5.41, 5.74) is 2.12. The van der Waals surface area contributed by atoms with Crippen LogP contribution in [0.2, 0.25) is 0 Å². The lowest BCUT2D eigenvalue weighted by molar-refractivity contribution is -0.120. The number of benzene rings is 1. The molecule has 0 spiro atoms. The minimum atomic E-state index is 0.0335. The monoisotopic (exact) mass is 327 g/mol. The van der Waals surface area contributed by atoms with Crippen molar-refractivity contribution in [2.24, 2.45) is 0 Å². The Bertz CT molecular complexity index is 704. The van der Waals surface area contributed by atoms with Crippen LogP contribution in [0.3, 0.4) is 0 Å². The zero-order valence-electron chi connectivity index (χ0n) is 14.4. The molecule has 1 heterocycles. The van der Waals surface area contributed by atoms with Crippen molar-refractivity contribution in [3.63, 3.8) is 0 Å². The van der Waals surface area contributed by atoms with Gasteiger partial charge in [-0.25, -0.2) is 4.98 Å². The third kappa shape index (κ3) is 3.78. The Labute approximate surface area is 143 Å². The molecule has 0 radical (unpaired) electrons. The van der Waals surface area contributed by atoms with E-state index in [-0.39, 0.29) is 5.91 Å². The molecule has 0 bridgehead atoms. The standard InChI is InChI=1S/C19H25N3O2/c1-14-13-21-19(16-6-4-7-16)22(14)10-9-20-18(23)12-15-5-3-8-17(11-15)24-2/h3,5,8,11,13,16H,4,6-7,9-10,12H2,1-2H3,(H,20,23). The lowest BCUT2D eigenvalue weighted by Crippen LogP contribution is -2.29. The van der Waals surface area contributed by atoms with Gasteiger partial charge < -0.3 is 14.6 Å². The highest BCUT2D eigenvalue weighted by atomic mass is 16.5. The van der Waals surface area contributed by atoms with Crippen LogP contribution in [0.4, 0.5) is 0 Å². The van der Waals surface area contributed by atoms with Gasteiger partial charge in [0, 0.05) is 30.9 Å². The molecule has 1 saturated carbocycles. The van der Waals surface area contributed by atoms with Crippen molar-refractivity contribution in [1.82, 2.24) is 14.9 Å². The van der Waals surface area contributed by atoms with Crippen molar-refractivity contribution in [3.8, 4) is 5.75 Å². The van der Waals surface area contributed by atoms with E-state index in [2.05, 4.69) is 21.8 Å². The number of carbonyl (C=O) groups excluding carboxylic acids is 1. The van der Waals surface area contributed by atoms with E-state index >= 15 is 0 Å². The van der Waals surface area contributed by atoms with Crippen LogP contribution in [0, 0.1) is 6.92 Å². The van der Waals surface area contributed by atoms with Gasteiger partial charge in [-0.2, -0.15) is 0 Å². The van der Waals surface area contributed by atoms with Crippen LogP contribution in [-0.4, -0.2) is 29.1 Å². The van der Waals surface area contributed by atoms with Crippen LogP contribution in [0.15, 0.2) is 30.5 Å². The third-order valence-electron chi connectivity index (χ3n) is 4.71. The zero-order valence-corrected chi connectivity index (χ0v) is 14.4. The summed E-state index contributed by atoms with van der Waals surface area (Å²) in [6, 6.07) is 7.62. The van der Waals surface area contributed by atoms with E-state index < -0.39 is 0 Å². The molecule has 1 aromatic carbocycles. The Morgan fingerprint density at radius 1 is 1.42 bits per heavy atom. The second-order valence-electron chi connectivity index (χ2n) is 6.42. The third-order valence-corrected chi connectivity index (χ3v) is 4.71. The van der Waals surface area contributed by atoms with Crippen molar-refractivity contribution >= 4 is 5.91 Å². The summed E-state index contributed by atoms with van der Waals surface area (Å²) >= 11 is 0. The summed E-state index contributed by atoms with van der Waals surface area (Å²) in [4.78, 5) is 16.7. The Morgan fingerprint density at radius 3 is 2.96 bits per heavy atom. The van der Waals surface area contributed by atoms with E-state index in [0.717, 1.165) is 17.9 Å². The highest BCUT2D eigenvalue weighted by Crippen LogP contribution is 2.35. The maximum absolute atomic E-state index is 12.1. The molecule has 0 unspecified atom stereocenters. The van der Waals surface area contributed by atoms with Crippen molar-refractivity contribution in [2.45, 2.75) is 45.1 Å². The minimum absolute atomic E-state index is 0.0335. The van der Waals surface area contributed by atoms with Crippen LogP contribution >= 0.6 is 0 Å². The van der Waals surface area contributed by atoms with Crippen LogP contribution in [0.1, 0.15) is 42.3 Å². The lowest BCUT2D eigenvalue weighted by Gasteiger charge is -2.26. The van der Waals surface area contributed by atoms with E-state index in [1.165, 1.54) is 30.8 Å². The molecule has 5 nitrogen and oxygen atoms in total. The molecule has 1 N–H and O–H groups in total. The number of nitrogens with one attached hydrogen (secondary N) is 1. The van der Waals surface area contributed by atoms with Gasteiger partial charge in [0.15, 0.2) is 0 Å². The number of nitrogens with zero attached hydrogens (tertiary/aromatic N) is 2. The average molecular weight is 327 g/mol. The highest BCUT2D eigenvalue weighted by Gasteiger charge is 2.24. The molecule has 2 aromatic rings. The van der Waals surface area contributed by atoms with Crippen molar-refractivity contribution < 1.29 is 9.53 Å². The smallest absolute Gasteiger partial charge is 0.224 e. The van der Waals surface area contributed by atoms with Gasteiger partial charge in [-0.1, -0.05) is 18.6 Å². The molecular formula is C19H25N3O2. The summed E-state index contributed by atoms with van der Waals surface area (Å²) in [5.74, 6) is 2.60. The molecule has 128 valence electrons. The van der Waals surface area contributed by atoms with Crippen molar-refractivity contribution in [3.05, 3.63) is 47.5 Å².